The molecule has 2 heterocycles. The van der Waals surface area contributed by atoms with Gasteiger partial charge in [0.25, 0.3) is 0 Å². The fourth-order valence-corrected chi connectivity index (χ4v) is 2.99. The van der Waals surface area contributed by atoms with E-state index in [1.165, 1.54) is 21.5 Å². The normalized spacial score (nSPS) is 15.8. The van der Waals surface area contributed by atoms with Crippen molar-refractivity contribution in [2.75, 3.05) is 0 Å². The molecule has 5 heteroatoms. The van der Waals surface area contributed by atoms with Crippen LogP contribution in [0, 0.1) is 0 Å². The molecule has 1 fully saturated rings. The second-order valence-corrected chi connectivity index (χ2v) is 6.33. The van der Waals surface area contributed by atoms with Gasteiger partial charge in [0.05, 0.1) is 10.3 Å². The van der Waals surface area contributed by atoms with Gasteiger partial charge in [-0.25, -0.2) is 9.67 Å². The van der Waals surface area contributed by atoms with E-state index in [2.05, 4.69) is 38.1 Å². The van der Waals surface area contributed by atoms with Crippen molar-refractivity contribution in [2.24, 2.45) is 0 Å². The second kappa shape index (κ2) is 3.72. The molecule has 0 bridgehead atoms. The van der Waals surface area contributed by atoms with Gasteiger partial charge in [0.1, 0.15) is 6.33 Å². The fraction of sp³-hybridized carbons (Fsp3) is 0.400. The molecule has 2 aromatic heterocycles. The van der Waals surface area contributed by atoms with Crippen molar-refractivity contribution in [1.29, 1.82) is 0 Å². The predicted octanol–water partition coefficient (Wildman–Crippen LogP) is 3.03. The summed E-state index contributed by atoms with van der Waals surface area (Å²) in [7, 11) is 0. The SMILES string of the molecule is Brc1ccc(Cn2cnc(C3CC3)n2)s1. The quantitative estimate of drug-likeness (QED) is 0.867. The van der Waals surface area contributed by atoms with E-state index in [0.717, 1.165) is 12.4 Å². The lowest BCUT2D eigenvalue weighted by molar-refractivity contribution is 0.679. The molecule has 0 aromatic carbocycles. The lowest BCUT2D eigenvalue weighted by Gasteiger charge is -1.95. The standard InChI is InChI=1S/C10H10BrN3S/c11-9-4-3-8(15-9)5-14-6-12-10(13-14)7-1-2-7/h3-4,6-7H,1-2,5H2. The molecule has 78 valence electrons. The fourth-order valence-electron chi connectivity index (χ4n) is 1.51. The Morgan fingerprint density at radius 3 is 3.00 bits per heavy atom. The van der Waals surface area contributed by atoms with Crippen molar-refractivity contribution >= 4 is 27.3 Å². The third-order valence-electron chi connectivity index (χ3n) is 2.44. The zero-order valence-corrected chi connectivity index (χ0v) is 10.5. The van der Waals surface area contributed by atoms with E-state index >= 15 is 0 Å². The molecular weight excluding hydrogens is 274 g/mol. The summed E-state index contributed by atoms with van der Waals surface area (Å²) in [5, 5.41) is 4.47. The lowest BCUT2D eigenvalue weighted by Crippen LogP contribution is -1.98. The Kier molecular flexibility index (Phi) is 2.36. The van der Waals surface area contributed by atoms with Crippen LogP contribution in [0.1, 0.15) is 29.5 Å². The molecule has 1 aliphatic carbocycles. The number of hydrogen-bond acceptors (Lipinski definition) is 3. The van der Waals surface area contributed by atoms with Crippen LogP contribution >= 0.6 is 27.3 Å². The first kappa shape index (κ1) is 9.54. The summed E-state index contributed by atoms with van der Waals surface area (Å²) < 4.78 is 3.09. The second-order valence-electron chi connectivity index (χ2n) is 3.78. The van der Waals surface area contributed by atoms with E-state index in [9.17, 15) is 0 Å². The Balaban J connectivity index is 1.75. The number of thiophene rings is 1. The Morgan fingerprint density at radius 2 is 2.33 bits per heavy atom. The van der Waals surface area contributed by atoms with E-state index in [0.29, 0.717) is 5.92 Å². The van der Waals surface area contributed by atoms with Gasteiger partial charge >= 0.3 is 0 Å². The van der Waals surface area contributed by atoms with E-state index in [-0.39, 0.29) is 0 Å². The number of halogens is 1. The summed E-state index contributed by atoms with van der Waals surface area (Å²) >= 11 is 5.20. The average Bonchev–Trinajstić information content (AvgIpc) is 2.84. The van der Waals surface area contributed by atoms with Crippen LogP contribution in [0.15, 0.2) is 22.2 Å². The van der Waals surface area contributed by atoms with E-state index in [1.807, 2.05) is 11.0 Å². The Labute approximate surface area is 100 Å². The smallest absolute Gasteiger partial charge is 0.153 e. The van der Waals surface area contributed by atoms with Gasteiger partial charge in [0.2, 0.25) is 0 Å². The Morgan fingerprint density at radius 1 is 1.47 bits per heavy atom. The topological polar surface area (TPSA) is 30.7 Å². The molecule has 0 aliphatic heterocycles. The van der Waals surface area contributed by atoms with Gasteiger partial charge in [-0.3, -0.25) is 0 Å². The van der Waals surface area contributed by atoms with Crippen LogP contribution in [0.25, 0.3) is 0 Å². The van der Waals surface area contributed by atoms with E-state index in [4.69, 9.17) is 0 Å². The van der Waals surface area contributed by atoms with Crippen molar-refractivity contribution < 1.29 is 0 Å². The van der Waals surface area contributed by atoms with Gasteiger partial charge in [-0.2, -0.15) is 5.10 Å². The van der Waals surface area contributed by atoms with E-state index in [1.54, 1.807) is 11.3 Å². The predicted molar refractivity (Wildman–Crippen MR) is 63.1 cm³/mol. The first-order chi connectivity index (χ1) is 7.31. The van der Waals surface area contributed by atoms with Crippen molar-refractivity contribution in [3.05, 3.63) is 32.9 Å². The summed E-state index contributed by atoms with van der Waals surface area (Å²) in [6.07, 6.45) is 4.35. The molecule has 0 amide bonds. The van der Waals surface area contributed by atoms with Gasteiger partial charge in [-0.05, 0) is 40.9 Å². The zero-order valence-electron chi connectivity index (χ0n) is 8.06. The van der Waals surface area contributed by atoms with Gasteiger partial charge in [0, 0.05) is 10.8 Å². The van der Waals surface area contributed by atoms with Crippen LogP contribution < -0.4 is 0 Å². The van der Waals surface area contributed by atoms with Crippen LogP contribution in [0.5, 0.6) is 0 Å². The van der Waals surface area contributed by atoms with Crippen molar-refractivity contribution in [1.82, 2.24) is 14.8 Å². The zero-order chi connectivity index (χ0) is 10.3. The van der Waals surface area contributed by atoms with Crippen molar-refractivity contribution in [3.8, 4) is 0 Å². The highest BCUT2D eigenvalue weighted by molar-refractivity contribution is 9.11. The molecule has 0 unspecified atom stereocenters. The number of rotatable bonds is 3. The summed E-state index contributed by atoms with van der Waals surface area (Å²) in [5.74, 6) is 1.66. The average molecular weight is 284 g/mol. The molecule has 0 spiro atoms. The first-order valence-electron chi connectivity index (χ1n) is 4.95. The molecule has 3 rings (SSSR count). The largest absolute Gasteiger partial charge is 0.247 e. The van der Waals surface area contributed by atoms with Crippen molar-refractivity contribution in [2.45, 2.75) is 25.3 Å². The molecule has 0 N–H and O–H groups in total. The molecule has 15 heavy (non-hydrogen) atoms. The highest BCUT2D eigenvalue weighted by Crippen LogP contribution is 2.37. The summed E-state index contributed by atoms with van der Waals surface area (Å²) in [4.78, 5) is 5.63. The minimum absolute atomic E-state index is 0.640. The molecule has 2 aromatic rings. The highest BCUT2D eigenvalue weighted by atomic mass is 79.9. The Hall–Kier alpha value is -0.680. The molecule has 0 radical (unpaired) electrons. The Bertz CT molecular complexity index is 472. The van der Waals surface area contributed by atoms with E-state index < -0.39 is 0 Å². The number of hydrogen-bond donors (Lipinski definition) is 0. The van der Waals surface area contributed by atoms with Crippen LogP contribution in [0.2, 0.25) is 0 Å². The van der Waals surface area contributed by atoms with Gasteiger partial charge in [-0.1, -0.05) is 0 Å². The maximum absolute atomic E-state index is 4.47. The molecule has 1 saturated carbocycles. The van der Waals surface area contributed by atoms with Gasteiger partial charge < -0.3 is 0 Å². The number of nitrogens with zero attached hydrogens (tertiary/aromatic N) is 3. The summed E-state index contributed by atoms with van der Waals surface area (Å²) in [6.45, 7) is 0.829. The van der Waals surface area contributed by atoms with Crippen LogP contribution in [-0.4, -0.2) is 14.8 Å². The third kappa shape index (κ3) is 2.13. The molecule has 0 atom stereocenters. The number of aromatic nitrogens is 3. The summed E-state index contributed by atoms with van der Waals surface area (Å²) in [6, 6.07) is 4.19. The van der Waals surface area contributed by atoms with Crippen LogP contribution in [-0.2, 0) is 6.54 Å². The first-order valence-corrected chi connectivity index (χ1v) is 6.56. The minimum Gasteiger partial charge on any atom is -0.247 e. The minimum atomic E-state index is 0.640. The highest BCUT2D eigenvalue weighted by Gasteiger charge is 2.27. The lowest BCUT2D eigenvalue weighted by atomic mass is 10.4. The molecular formula is C10H10BrN3S. The molecule has 0 saturated heterocycles. The van der Waals surface area contributed by atoms with Crippen LogP contribution in [0.3, 0.4) is 0 Å². The maximum atomic E-state index is 4.47. The van der Waals surface area contributed by atoms with Gasteiger partial charge in [0.15, 0.2) is 5.82 Å². The molecule has 1 aliphatic rings. The van der Waals surface area contributed by atoms with Crippen LogP contribution in [0.4, 0.5) is 0 Å². The maximum Gasteiger partial charge on any atom is 0.153 e. The monoisotopic (exact) mass is 283 g/mol. The van der Waals surface area contributed by atoms with Crippen molar-refractivity contribution in [3.63, 3.8) is 0 Å². The summed E-state index contributed by atoms with van der Waals surface area (Å²) in [5.41, 5.74) is 0. The van der Waals surface area contributed by atoms with Gasteiger partial charge in [-0.15, -0.1) is 11.3 Å². The third-order valence-corrected chi connectivity index (χ3v) is 4.05. The molecule has 3 nitrogen and oxygen atoms in total.